The molecule has 0 atom stereocenters. The molecule has 2 saturated carbocycles. The molecule has 22 heavy (non-hydrogen) atoms. The molecular weight excluding hydrogens is 278 g/mol. The molecule has 0 aromatic rings. The van der Waals surface area contributed by atoms with Crippen molar-refractivity contribution in [1.29, 1.82) is 0 Å². The van der Waals surface area contributed by atoms with Crippen LogP contribution in [0.3, 0.4) is 0 Å². The molecule has 2 aliphatic carbocycles. The minimum Gasteiger partial charge on any atom is -0.335 e. The van der Waals surface area contributed by atoms with Crippen molar-refractivity contribution in [3.8, 4) is 12.8 Å². The molecule has 0 unspecified atom stereocenters. The Morgan fingerprint density at radius 3 is 1.95 bits per heavy atom. The molecule has 0 spiro atoms. The molecule has 2 aliphatic rings. The highest BCUT2D eigenvalue weighted by Crippen LogP contribution is 2.23. The molecule has 0 radical (unpaired) electrons. The van der Waals surface area contributed by atoms with Gasteiger partial charge in [0, 0.05) is 12.1 Å². The molecule has 3 N–H and O–H groups in total. The van der Waals surface area contributed by atoms with Crippen LogP contribution in [0.4, 0.5) is 4.79 Å². The van der Waals surface area contributed by atoms with Crippen molar-refractivity contribution in [2.75, 3.05) is 6.54 Å². The molecule has 0 aromatic carbocycles. The zero-order valence-corrected chi connectivity index (χ0v) is 13.4. The summed E-state index contributed by atoms with van der Waals surface area (Å²) in [6, 6.07) is 0.0514. The average molecular weight is 307 g/mol. The molecular formula is C17H29N3O2. The Bertz CT molecular complexity index is 369. The molecule has 5 heteroatoms. The maximum Gasteiger partial charge on any atom is 0.324 e. The number of amides is 3. The lowest BCUT2D eigenvalue weighted by atomic mass is 9.93. The van der Waals surface area contributed by atoms with Gasteiger partial charge in [-0.2, -0.15) is 0 Å². The summed E-state index contributed by atoms with van der Waals surface area (Å²) >= 11 is 0. The molecule has 0 aliphatic heterocycles. The van der Waals surface area contributed by atoms with Gasteiger partial charge in [0.2, 0.25) is 5.91 Å². The molecule has 0 aromatic heterocycles. The van der Waals surface area contributed by atoms with Crippen molar-refractivity contribution in [3.05, 3.63) is 0 Å². The molecule has 0 heterocycles. The van der Waals surface area contributed by atoms with Crippen LogP contribution in [0, 0.1) is 12.8 Å². The van der Waals surface area contributed by atoms with Crippen molar-refractivity contribution in [3.63, 3.8) is 0 Å². The van der Waals surface area contributed by atoms with Crippen LogP contribution in [0.2, 0.25) is 0 Å². The van der Waals surface area contributed by atoms with E-state index >= 15 is 0 Å². The minimum atomic E-state index is -0.245. The summed E-state index contributed by atoms with van der Waals surface area (Å²) < 4.78 is 0. The summed E-state index contributed by atoms with van der Waals surface area (Å²) in [7, 11) is 0. The number of urea groups is 1. The highest BCUT2D eigenvalue weighted by atomic mass is 16.2. The summed E-state index contributed by atoms with van der Waals surface area (Å²) in [5.41, 5.74) is 5.48. The summed E-state index contributed by atoms with van der Waals surface area (Å²) in [6.07, 6.45) is 18.9. The van der Waals surface area contributed by atoms with Gasteiger partial charge in [0.15, 0.2) is 0 Å². The van der Waals surface area contributed by atoms with Gasteiger partial charge in [0.05, 0.1) is 6.54 Å². The first-order chi connectivity index (χ1) is 10.7. The molecule has 0 saturated heterocycles. The number of carbonyl (C=O) groups is 2. The van der Waals surface area contributed by atoms with E-state index in [2.05, 4.69) is 18.2 Å². The number of imide groups is 1. The van der Waals surface area contributed by atoms with Crippen LogP contribution in [-0.4, -0.2) is 35.5 Å². The number of nitrogens with two attached hydrogens (primary N) is 1. The van der Waals surface area contributed by atoms with Gasteiger partial charge in [-0.1, -0.05) is 38.5 Å². The third-order valence-corrected chi connectivity index (χ3v) is 4.53. The Hall–Kier alpha value is -1.54. The Kier molecular flexibility index (Phi) is 8.61. The minimum absolute atomic E-state index is 0.0448. The van der Waals surface area contributed by atoms with Gasteiger partial charge in [-0.05, 0) is 25.7 Å². The topological polar surface area (TPSA) is 75.4 Å². The van der Waals surface area contributed by atoms with Crippen molar-refractivity contribution < 1.29 is 9.59 Å². The van der Waals surface area contributed by atoms with Gasteiger partial charge < -0.3 is 11.1 Å². The van der Waals surface area contributed by atoms with E-state index in [1.807, 2.05) is 0 Å². The normalized spacial score (nSPS) is 19.6. The molecule has 124 valence electrons. The molecule has 3 amide bonds. The van der Waals surface area contributed by atoms with Crippen molar-refractivity contribution >= 4 is 11.9 Å². The van der Waals surface area contributed by atoms with Gasteiger partial charge >= 0.3 is 6.03 Å². The van der Waals surface area contributed by atoms with Gasteiger partial charge in [-0.15, -0.1) is 12.8 Å². The van der Waals surface area contributed by atoms with Crippen LogP contribution in [0.5, 0.6) is 0 Å². The first-order valence-electron chi connectivity index (χ1n) is 8.38. The number of carbonyl (C=O) groups excluding carboxylic acids is 2. The van der Waals surface area contributed by atoms with Gasteiger partial charge in [0.1, 0.15) is 0 Å². The van der Waals surface area contributed by atoms with E-state index in [0.29, 0.717) is 0 Å². The third-order valence-electron chi connectivity index (χ3n) is 4.53. The Morgan fingerprint density at radius 2 is 1.45 bits per heavy atom. The largest absolute Gasteiger partial charge is 0.335 e. The van der Waals surface area contributed by atoms with E-state index in [-0.39, 0.29) is 30.6 Å². The van der Waals surface area contributed by atoms with E-state index in [1.165, 1.54) is 30.6 Å². The van der Waals surface area contributed by atoms with Gasteiger partial charge in [-0.3, -0.25) is 9.69 Å². The lowest BCUT2D eigenvalue weighted by Crippen LogP contribution is -2.54. The van der Waals surface area contributed by atoms with E-state index in [0.717, 1.165) is 38.5 Å². The second-order valence-electron chi connectivity index (χ2n) is 6.04. The highest BCUT2D eigenvalue weighted by Gasteiger charge is 2.31. The lowest BCUT2D eigenvalue weighted by molar-refractivity contribution is -0.129. The van der Waals surface area contributed by atoms with Crippen LogP contribution in [0.1, 0.15) is 64.2 Å². The number of nitrogens with one attached hydrogen (secondary N) is 1. The maximum atomic E-state index is 12.4. The van der Waals surface area contributed by atoms with Crippen molar-refractivity contribution in [1.82, 2.24) is 10.2 Å². The molecule has 2 fully saturated rings. The van der Waals surface area contributed by atoms with Crippen LogP contribution in [-0.2, 0) is 4.79 Å². The second kappa shape index (κ2) is 10.2. The Labute approximate surface area is 134 Å². The first kappa shape index (κ1) is 18.5. The number of hydrogen-bond donors (Lipinski definition) is 2. The van der Waals surface area contributed by atoms with E-state index in [9.17, 15) is 9.59 Å². The number of nitrogens with zero attached hydrogens (tertiary/aromatic N) is 1. The van der Waals surface area contributed by atoms with Crippen molar-refractivity contribution in [2.24, 2.45) is 5.73 Å². The second-order valence-corrected chi connectivity index (χ2v) is 6.04. The van der Waals surface area contributed by atoms with E-state index in [1.54, 1.807) is 0 Å². The SMILES string of the molecule is C#C.NCC(=O)N(C(=O)NC1CCCCC1)C1CCCCC1. The zero-order chi connectivity index (χ0) is 16.4. The molecule has 0 bridgehead atoms. The maximum absolute atomic E-state index is 12.4. The third kappa shape index (κ3) is 5.34. The van der Waals surface area contributed by atoms with Crippen molar-refractivity contribution in [2.45, 2.75) is 76.3 Å². The molecule has 2 rings (SSSR count). The highest BCUT2D eigenvalue weighted by molar-refractivity contribution is 5.95. The summed E-state index contributed by atoms with van der Waals surface area (Å²) in [5.74, 6) is -0.245. The smallest absolute Gasteiger partial charge is 0.324 e. The zero-order valence-electron chi connectivity index (χ0n) is 13.4. The van der Waals surface area contributed by atoms with Gasteiger partial charge in [-0.25, -0.2) is 4.79 Å². The lowest BCUT2D eigenvalue weighted by Gasteiger charge is -2.34. The fourth-order valence-corrected chi connectivity index (χ4v) is 3.41. The number of rotatable bonds is 3. The predicted molar refractivity (Wildman–Crippen MR) is 88.1 cm³/mol. The fraction of sp³-hybridized carbons (Fsp3) is 0.765. The quantitative estimate of drug-likeness (QED) is 0.786. The van der Waals surface area contributed by atoms with Crippen LogP contribution >= 0.6 is 0 Å². The van der Waals surface area contributed by atoms with Crippen LogP contribution < -0.4 is 11.1 Å². The molecule has 5 nitrogen and oxygen atoms in total. The number of hydrogen-bond acceptors (Lipinski definition) is 3. The van der Waals surface area contributed by atoms with Crippen LogP contribution in [0.15, 0.2) is 0 Å². The fourth-order valence-electron chi connectivity index (χ4n) is 3.41. The number of terminal acetylenes is 1. The van der Waals surface area contributed by atoms with Gasteiger partial charge in [0.25, 0.3) is 0 Å². The summed E-state index contributed by atoms with van der Waals surface area (Å²) in [4.78, 5) is 25.9. The van der Waals surface area contributed by atoms with Crippen LogP contribution in [0.25, 0.3) is 0 Å². The first-order valence-corrected chi connectivity index (χ1v) is 8.38. The standard InChI is InChI=1S/C15H27N3O2.C2H2/c16-11-14(19)18(13-9-5-2-6-10-13)15(20)17-12-7-3-1-4-8-12;1-2/h12-13H,1-11,16H2,(H,17,20);1-2H. The predicted octanol–water partition coefficient (Wildman–Crippen LogP) is 2.40. The Morgan fingerprint density at radius 1 is 0.955 bits per heavy atom. The van der Waals surface area contributed by atoms with E-state index < -0.39 is 0 Å². The average Bonchev–Trinajstić information content (AvgIpc) is 2.58. The summed E-state index contributed by atoms with van der Waals surface area (Å²) in [6.45, 7) is -0.0887. The Balaban J connectivity index is 0.00000116. The van der Waals surface area contributed by atoms with E-state index in [4.69, 9.17) is 5.73 Å². The summed E-state index contributed by atoms with van der Waals surface area (Å²) in [5, 5.41) is 3.04. The monoisotopic (exact) mass is 307 g/mol.